The Balaban J connectivity index is 2.04. The summed E-state index contributed by atoms with van der Waals surface area (Å²) < 4.78 is 39.9. The predicted molar refractivity (Wildman–Crippen MR) is 68.6 cm³/mol. The summed E-state index contributed by atoms with van der Waals surface area (Å²) in [5.74, 6) is -3.56. The Hall–Kier alpha value is -1.04. The first-order valence-corrected chi connectivity index (χ1v) is 6.76. The largest absolute Gasteiger partial charge is 0.336 e. The highest BCUT2D eigenvalue weighted by molar-refractivity contribution is 9.10. The van der Waals surface area contributed by atoms with Crippen molar-refractivity contribution in [2.75, 3.05) is 13.1 Å². The van der Waals surface area contributed by atoms with Crippen molar-refractivity contribution in [3.63, 3.8) is 0 Å². The molecule has 1 aromatic carbocycles. The van der Waals surface area contributed by atoms with Crippen molar-refractivity contribution in [3.05, 3.63) is 34.1 Å². The molecule has 1 amide bonds. The molecule has 0 aromatic heterocycles. The molecule has 0 aliphatic carbocycles. The maximum absolute atomic E-state index is 13.2. The standard InChI is InChI=1S/C13H13BrF3NO/c14-11-7-10(15)3-2-9(11)6-12(19)18-5-1-4-13(16,17)8-18/h2-3,7H,1,4-6,8H2. The average Bonchev–Trinajstić information content (AvgIpc) is 2.31. The summed E-state index contributed by atoms with van der Waals surface area (Å²) >= 11 is 3.16. The van der Waals surface area contributed by atoms with Gasteiger partial charge in [0.15, 0.2) is 0 Å². The third-order valence-electron chi connectivity index (χ3n) is 3.10. The molecule has 0 atom stereocenters. The molecule has 1 aromatic rings. The normalized spacial score (nSPS) is 18.4. The number of rotatable bonds is 2. The molecule has 19 heavy (non-hydrogen) atoms. The molecular formula is C13H13BrF3NO. The zero-order valence-corrected chi connectivity index (χ0v) is 11.7. The number of likely N-dealkylation sites (tertiary alicyclic amines) is 1. The number of nitrogens with zero attached hydrogens (tertiary/aromatic N) is 1. The molecule has 1 fully saturated rings. The Morgan fingerprint density at radius 1 is 1.42 bits per heavy atom. The van der Waals surface area contributed by atoms with Crippen LogP contribution in [0.15, 0.2) is 22.7 Å². The molecule has 1 saturated heterocycles. The van der Waals surface area contributed by atoms with Crippen molar-refractivity contribution in [1.82, 2.24) is 4.90 Å². The number of carbonyl (C=O) groups excluding carboxylic acids is 1. The Kier molecular flexibility index (Phi) is 4.18. The topological polar surface area (TPSA) is 20.3 Å². The van der Waals surface area contributed by atoms with Crippen molar-refractivity contribution in [2.45, 2.75) is 25.2 Å². The van der Waals surface area contributed by atoms with E-state index in [0.717, 1.165) is 0 Å². The first kappa shape index (κ1) is 14.4. The van der Waals surface area contributed by atoms with E-state index in [1.54, 1.807) is 0 Å². The van der Waals surface area contributed by atoms with Gasteiger partial charge in [-0.25, -0.2) is 13.2 Å². The third kappa shape index (κ3) is 3.72. The van der Waals surface area contributed by atoms with Gasteiger partial charge in [0.2, 0.25) is 5.91 Å². The molecule has 0 spiro atoms. The smallest absolute Gasteiger partial charge is 0.265 e. The summed E-state index contributed by atoms with van der Waals surface area (Å²) in [7, 11) is 0. The second-order valence-corrected chi connectivity index (χ2v) is 5.54. The van der Waals surface area contributed by atoms with Gasteiger partial charge in [0, 0.05) is 17.4 Å². The molecule has 0 N–H and O–H groups in total. The maximum Gasteiger partial charge on any atom is 0.265 e. The number of halogens is 4. The van der Waals surface area contributed by atoms with Crippen LogP contribution in [0.4, 0.5) is 13.2 Å². The second-order valence-electron chi connectivity index (χ2n) is 4.69. The van der Waals surface area contributed by atoms with Gasteiger partial charge in [-0.2, -0.15) is 0 Å². The molecule has 0 unspecified atom stereocenters. The van der Waals surface area contributed by atoms with E-state index >= 15 is 0 Å². The number of carbonyl (C=O) groups is 1. The van der Waals surface area contributed by atoms with Crippen LogP contribution in [0.2, 0.25) is 0 Å². The van der Waals surface area contributed by atoms with E-state index in [1.165, 1.54) is 23.1 Å². The fourth-order valence-electron chi connectivity index (χ4n) is 2.12. The van der Waals surface area contributed by atoms with Gasteiger partial charge in [-0.1, -0.05) is 22.0 Å². The van der Waals surface area contributed by atoms with Gasteiger partial charge in [0.1, 0.15) is 5.82 Å². The fourth-order valence-corrected chi connectivity index (χ4v) is 2.61. The Morgan fingerprint density at radius 3 is 2.79 bits per heavy atom. The summed E-state index contributed by atoms with van der Waals surface area (Å²) in [4.78, 5) is 13.2. The zero-order chi connectivity index (χ0) is 14.0. The van der Waals surface area contributed by atoms with Crippen LogP contribution < -0.4 is 0 Å². The van der Waals surface area contributed by atoms with Gasteiger partial charge < -0.3 is 4.90 Å². The number of piperidine rings is 1. The van der Waals surface area contributed by atoms with Crippen molar-refractivity contribution < 1.29 is 18.0 Å². The SMILES string of the molecule is O=C(Cc1ccc(F)cc1Br)N1CCCC(F)(F)C1. The average molecular weight is 336 g/mol. The molecular weight excluding hydrogens is 323 g/mol. The summed E-state index contributed by atoms with van der Waals surface area (Å²) in [5, 5.41) is 0. The quantitative estimate of drug-likeness (QED) is 0.811. The van der Waals surface area contributed by atoms with Crippen LogP contribution in [0, 0.1) is 5.82 Å². The van der Waals surface area contributed by atoms with E-state index in [4.69, 9.17) is 0 Å². The zero-order valence-electron chi connectivity index (χ0n) is 10.1. The Morgan fingerprint density at radius 2 is 2.16 bits per heavy atom. The van der Waals surface area contributed by atoms with Crippen LogP contribution in [-0.4, -0.2) is 29.8 Å². The number of hydrogen-bond donors (Lipinski definition) is 0. The van der Waals surface area contributed by atoms with Crippen molar-refractivity contribution in [1.29, 1.82) is 0 Å². The lowest BCUT2D eigenvalue weighted by atomic mass is 10.1. The van der Waals surface area contributed by atoms with Crippen LogP contribution in [0.25, 0.3) is 0 Å². The summed E-state index contributed by atoms with van der Waals surface area (Å²) in [6.07, 6.45) is 0.136. The summed E-state index contributed by atoms with van der Waals surface area (Å²) in [5.41, 5.74) is 0.597. The number of amides is 1. The highest BCUT2D eigenvalue weighted by Crippen LogP contribution is 2.27. The van der Waals surface area contributed by atoms with Crippen LogP contribution in [0.3, 0.4) is 0 Å². The van der Waals surface area contributed by atoms with Crippen molar-refractivity contribution in [3.8, 4) is 0 Å². The molecule has 1 aliphatic heterocycles. The van der Waals surface area contributed by atoms with Gasteiger partial charge in [-0.3, -0.25) is 4.79 Å². The van der Waals surface area contributed by atoms with Gasteiger partial charge in [0.05, 0.1) is 13.0 Å². The minimum Gasteiger partial charge on any atom is -0.336 e. The third-order valence-corrected chi connectivity index (χ3v) is 3.84. The van der Waals surface area contributed by atoms with E-state index in [9.17, 15) is 18.0 Å². The first-order chi connectivity index (χ1) is 8.87. The molecule has 6 heteroatoms. The minimum atomic E-state index is -2.80. The minimum absolute atomic E-state index is 0.00303. The van der Waals surface area contributed by atoms with E-state index in [-0.39, 0.29) is 18.7 Å². The molecule has 2 rings (SSSR count). The number of hydrogen-bond acceptors (Lipinski definition) is 1. The molecule has 1 heterocycles. The van der Waals surface area contributed by atoms with E-state index in [2.05, 4.69) is 15.9 Å². The predicted octanol–water partition coefficient (Wildman–Crippen LogP) is 3.39. The highest BCUT2D eigenvalue weighted by atomic mass is 79.9. The molecule has 1 aliphatic rings. The summed E-state index contributed by atoms with van der Waals surface area (Å²) in [6.45, 7) is -0.169. The van der Waals surface area contributed by atoms with Gasteiger partial charge in [0.25, 0.3) is 5.92 Å². The van der Waals surface area contributed by atoms with Gasteiger partial charge in [-0.15, -0.1) is 0 Å². The van der Waals surface area contributed by atoms with Crippen LogP contribution >= 0.6 is 15.9 Å². The lowest BCUT2D eigenvalue weighted by Crippen LogP contribution is -2.46. The van der Waals surface area contributed by atoms with Crippen LogP contribution in [0.1, 0.15) is 18.4 Å². The molecule has 0 radical (unpaired) electrons. The lowest BCUT2D eigenvalue weighted by molar-refractivity contribution is -0.140. The van der Waals surface area contributed by atoms with Gasteiger partial charge >= 0.3 is 0 Å². The Bertz CT molecular complexity index is 493. The van der Waals surface area contributed by atoms with Crippen molar-refractivity contribution in [2.24, 2.45) is 0 Å². The monoisotopic (exact) mass is 335 g/mol. The molecule has 0 bridgehead atoms. The van der Waals surface area contributed by atoms with E-state index in [1.807, 2.05) is 0 Å². The van der Waals surface area contributed by atoms with Crippen LogP contribution in [0.5, 0.6) is 0 Å². The highest BCUT2D eigenvalue weighted by Gasteiger charge is 2.36. The number of benzene rings is 1. The number of alkyl halides is 2. The lowest BCUT2D eigenvalue weighted by Gasteiger charge is -2.32. The first-order valence-electron chi connectivity index (χ1n) is 5.97. The molecule has 0 saturated carbocycles. The van der Waals surface area contributed by atoms with Crippen molar-refractivity contribution >= 4 is 21.8 Å². The van der Waals surface area contributed by atoms with Crippen LogP contribution in [-0.2, 0) is 11.2 Å². The Labute approximate surface area is 117 Å². The van der Waals surface area contributed by atoms with Gasteiger partial charge in [-0.05, 0) is 24.1 Å². The maximum atomic E-state index is 13.2. The second kappa shape index (κ2) is 5.53. The van der Waals surface area contributed by atoms with E-state index < -0.39 is 18.3 Å². The molecule has 2 nitrogen and oxygen atoms in total. The van der Waals surface area contributed by atoms with E-state index in [0.29, 0.717) is 23.0 Å². The fraction of sp³-hybridized carbons (Fsp3) is 0.462. The summed E-state index contributed by atoms with van der Waals surface area (Å²) in [6, 6.07) is 3.99. The molecule has 104 valence electrons.